The van der Waals surface area contributed by atoms with Gasteiger partial charge in [0.2, 0.25) is 5.01 Å². The number of ether oxygens (including phenoxy) is 1. The molecule has 1 fully saturated rings. The number of carbonyl (C=O) groups is 1. The summed E-state index contributed by atoms with van der Waals surface area (Å²) in [5.41, 5.74) is 0.878. The standard InChI is InChI=1S/C23H29F3N6O2S/c1-22(2,3)34-21(33)32-11-10-31(13-14(32)12-30(4)5)19-17(29-20(35-19)23(24,25)26)18-27-15-8-6-7-9-16(15)28-18/h6-9,14H,10-13H2,1-5H3,(H,27,28). The van der Waals surface area contributed by atoms with Gasteiger partial charge in [-0.2, -0.15) is 13.2 Å². The number of halogens is 3. The summed E-state index contributed by atoms with van der Waals surface area (Å²) in [6.07, 6.45) is -5.01. The van der Waals surface area contributed by atoms with Crippen LogP contribution in [0.4, 0.5) is 23.0 Å². The number of nitrogens with zero attached hydrogens (tertiary/aromatic N) is 5. The Bertz CT molecular complexity index is 1170. The molecule has 0 saturated carbocycles. The summed E-state index contributed by atoms with van der Waals surface area (Å²) in [5.74, 6) is 0.284. The summed E-state index contributed by atoms with van der Waals surface area (Å²) in [6, 6.07) is 6.97. The Hall–Kier alpha value is -2.86. The molecule has 1 saturated heterocycles. The number of hydrogen-bond donors (Lipinski definition) is 1. The highest BCUT2D eigenvalue weighted by molar-refractivity contribution is 7.16. The number of hydrogen-bond acceptors (Lipinski definition) is 7. The van der Waals surface area contributed by atoms with Crippen LogP contribution in [0.15, 0.2) is 24.3 Å². The number of H-pyrrole nitrogens is 1. The Morgan fingerprint density at radius 2 is 1.91 bits per heavy atom. The third-order valence-electron chi connectivity index (χ3n) is 5.44. The van der Waals surface area contributed by atoms with Crippen molar-refractivity contribution >= 4 is 33.5 Å². The van der Waals surface area contributed by atoms with Gasteiger partial charge in [0.25, 0.3) is 0 Å². The zero-order valence-corrected chi connectivity index (χ0v) is 21.1. The zero-order chi connectivity index (χ0) is 25.5. The van der Waals surface area contributed by atoms with Crippen molar-refractivity contribution in [1.29, 1.82) is 0 Å². The van der Waals surface area contributed by atoms with Crippen molar-refractivity contribution in [2.24, 2.45) is 0 Å². The predicted octanol–water partition coefficient (Wildman–Crippen LogP) is 4.69. The van der Waals surface area contributed by atoms with Crippen molar-refractivity contribution in [1.82, 2.24) is 24.8 Å². The Labute approximate surface area is 205 Å². The van der Waals surface area contributed by atoms with E-state index in [1.54, 1.807) is 31.7 Å². The first-order valence-corrected chi connectivity index (χ1v) is 12.1. The van der Waals surface area contributed by atoms with Crippen molar-refractivity contribution in [2.45, 2.75) is 38.6 Å². The quantitative estimate of drug-likeness (QED) is 0.549. The first-order chi connectivity index (χ1) is 16.3. The van der Waals surface area contributed by atoms with E-state index in [1.807, 2.05) is 42.1 Å². The Balaban J connectivity index is 1.69. The molecule has 1 N–H and O–H groups in total. The first-order valence-electron chi connectivity index (χ1n) is 11.2. The maximum absolute atomic E-state index is 13.7. The van der Waals surface area contributed by atoms with Crippen molar-refractivity contribution in [3.8, 4) is 11.5 Å². The van der Waals surface area contributed by atoms with Gasteiger partial charge in [-0.3, -0.25) is 0 Å². The van der Waals surface area contributed by atoms with Crippen LogP contribution in [0.3, 0.4) is 0 Å². The molecule has 0 radical (unpaired) electrons. The number of benzene rings is 1. The fourth-order valence-corrected chi connectivity index (χ4v) is 5.02. The van der Waals surface area contributed by atoms with Gasteiger partial charge >= 0.3 is 12.3 Å². The Morgan fingerprint density at radius 3 is 2.54 bits per heavy atom. The number of piperazine rings is 1. The number of para-hydroxylation sites is 2. The SMILES string of the molecule is CN(C)CC1CN(c2sc(C(F)(F)F)nc2-c2nc3ccccc3[nH]2)CCN1C(=O)OC(C)(C)C. The third-order valence-corrected chi connectivity index (χ3v) is 6.60. The molecular formula is C23H29F3N6O2S. The number of likely N-dealkylation sites (N-methyl/N-ethyl adjacent to an activating group) is 1. The van der Waals surface area contributed by atoms with E-state index in [-0.39, 0.29) is 17.6 Å². The minimum Gasteiger partial charge on any atom is -0.444 e. The monoisotopic (exact) mass is 510 g/mol. The van der Waals surface area contributed by atoms with Crippen molar-refractivity contribution < 1.29 is 22.7 Å². The summed E-state index contributed by atoms with van der Waals surface area (Å²) in [5, 5.41) is -0.550. The highest BCUT2D eigenvalue weighted by Gasteiger charge is 2.40. The minimum absolute atomic E-state index is 0.160. The third kappa shape index (κ3) is 5.69. The highest BCUT2D eigenvalue weighted by Crippen LogP contribution is 2.42. The molecule has 1 aromatic carbocycles. The van der Waals surface area contributed by atoms with Crippen molar-refractivity contribution in [2.75, 3.05) is 45.2 Å². The van der Waals surface area contributed by atoms with E-state index in [4.69, 9.17) is 4.74 Å². The van der Waals surface area contributed by atoms with Crippen LogP contribution in [0.5, 0.6) is 0 Å². The van der Waals surface area contributed by atoms with Gasteiger partial charge in [-0.1, -0.05) is 23.5 Å². The maximum atomic E-state index is 13.7. The van der Waals surface area contributed by atoms with Gasteiger partial charge in [-0.25, -0.2) is 14.8 Å². The number of fused-ring (bicyclic) bond motifs is 1. The summed E-state index contributed by atoms with van der Waals surface area (Å²) in [4.78, 5) is 29.9. The number of carbonyl (C=O) groups excluding carboxylic acids is 1. The van der Waals surface area contributed by atoms with Gasteiger partial charge in [0.1, 0.15) is 16.3 Å². The zero-order valence-electron chi connectivity index (χ0n) is 20.3. The average Bonchev–Trinajstić information content (AvgIpc) is 3.36. The van der Waals surface area contributed by atoms with Gasteiger partial charge in [-0.15, -0.1) is 0 Å². The molecular weight excluding hydrogens is 481 g/mol. The van der Waals surface area contributed by atoms with Crippen LogP contribution >= 0.6 is 11.3 Å². The van der Waals surface area contributed by atoms with Crippen LogP contribution in [0.25, 0.3) is 22.6 Å². The number of aromatic amines is 1. The van der Waals surface area contributed by atoms with Gasteiger partial charge in [0.05, 0.1) is 17.1 Å². The van der Waals surface area contributed by atoms with Crippen molar-refractivity contribution in [3.05, 3.63) is 29.3 Å². The summed E-state index contributed by atoms with van der Waals surface area (Å²) < 4.78 is 46.6. The van der Waals surface area contributed by atoms with Crippen molar-refractivity contribution in [3.63, 3.8) is 0 Å². The summed E-state index contributed by atoms with van der Waals surface area (Å²) in [6.45, 7) is 6.93. The average molecular weight is 511 g/mol. The van der Waals surface area contributed by atoms with E-state index >= 15 is 0 Å². The molecule has 1 unspecified atom stereocenters. The van der Waals surface area contributed by atoms with Gasteiger partial charge in [0.15, 0.2) is 5.82 Å². The molecule has 0 bridgehead atoms. The normalized spacial score (nSPS) is 17.5. The van der Waals surface area contributed by atoms with Crippen LogP contribution in [0.1, 0.15) is 25.8 Å². The van der Waals surface area contributed by atoms with Crippen LogP contribution in [0, 0.1) is 0 Å². The number of anilines is 1. The summed E-state index contributed by atoms with van der Waals surface area (Å²) in [7, 11) is 3.78. The molecule has 0 spiro atoms. The molecule has 190 valence electrons. The minimum atomic E-state index is -4.58. The van der Waals surface area contributed by atoms with E-state index in [9.17, 15) is 18.0 Å². The number of rotatable bonds is 4. The topological polar surface area (TPSA) is 77.6 Å². The van der Waals surface area contributed by atoms with E-state index in [2.05, 4.69) is 15.0 Å². The van der Waals surface area contributed by atoms with E-state index in [0.29, 0.717) is 48.0 Å². The number of nitrogens with one attached hydrogen (secondary N) is 1. The van der Waals surface area contributed by atoms with Gasteiger partial charge < -0.3 is 24.4 Å². The highest BCUT2D eigenvalue weighted by atomic mass is 32.1. The number of amides is 1. The molecule has 12 heteroatoms. The molecule has 1 aliphatic rings. The molecule has 2 aromatic heterocycles. The molecule has 1 atom stereocenters. The summed E-state index contributed by atoms with van der Waals surface area (Å²) >= 11 is 0.600. The van der Waals surface area contributed by atoms with Crippen LogP contribution < -0.4 is 4.90 Å². The smallest absolute Gasteiger partial charge is 0.443 e. The maximum Gasteiger partial charge on any atom is 0.443 e. The van der Waals surface area contributed by atoms with Crippen LogP contribution in [-0.2, 0) is 10.9 Å². The second-order valence-electron chi connectivity index (χ2n) is 9.81. The molecule has 3 heterocycles. The Morgan fingerprint density at radius 1 is 1.20 bits per heavy atom. The lowest BCUT2D eigenvalue weighted by molar-refractivity contribution is -0.137. The fraction of sp³-hybridized carbons (Fsp3) is 0.522. The second kappa shape index (κ2) is 9.30. The molecule has 35 heavy (non-hydrogen) atoms. The molecule has 1 aliphatic heterocycles. The lowest BCUT2D eigenvalue weighted by atomic mass is 10.1. The van der Waals surface area contributed by atoms with Crippen LogP contribution in [-0.4, -0.2) is 82.8 Å². The molecule has 8 nitrogen and oxygen atoms in total. The molecule has 0 aliphatic carbocycles. The lowest BCUT2D eigenvalue weighted by Crippen LogP contribution is -2.59. The Kier molecular flexibility index (Phi) is 6.71. The molecule has 3 aromatic rings. The van der Waals surface area contributed by atoms with Gasteiger partial charge in [0, 0.05) is 26.2 Å². The predicted molar refractivity (Wildman–Crippen MR) is 130 cm³/mol. The number of aromatic nitrogens is 3. The van der Waals surface area contributed by atoms with E-state index < -0.39 is 22.9 Å². The van der Waals surface area contributed by atoms with Gasteiger partial charge in [-0.05, 0) is 47.0 Å². The largest absolute Gasteiger partial charge is 0.444 e. The van der Waals surface area contributed by atoms with E-state index in [0.717, 1.165) is 5.52 Å². The second-order valence-corrected chi connectivity index (χ2v) is 10.8. The fourth-order valence-electron chi connectivity index (χ4n) is 4.05. The number of alkyl halides is 3. The molecule has 1 amide bonds. The van der Waals surface area contributed by atoms with E-state index in [1.165, 1.54) is 0 Å². The van der Waals surface area contributed by atoms with Crippen LogP contribution in [0.2, 0.25) is 0 Å². The number of imidazole rings is 1. The molecule has 4 rings (SSSR count). The number of thiazole rings is 1. The lowest BCUT2D eigenvalue weighted by Gasteiger charge is -2.43. The first kappa shape index (κ1) is 25.2.